The number of H-pyrrole nitrogens is 2. The Bertz CT molecular complexity index is 1240. The maximum atomic E-state index is 13.9. The van der Waals surface area contributed by atoms with Gasteiger partial charge in [-0.05, 0) is 38.0 Å². The van der Waals surface area contributed by atoms with Crippen LogP contribution in [0.15, 0.2) is 54.9 Å². The quantitative estimate of drug-likeness (QED) is 0.377. The number of aromatic nitrogens is 3. The van der Waals surface area contributed by atoms with Crippen molar-refractivity contribution in [2.24, 2.45) is 0 Å². The van der Waals surface area contributed by atoms with E-state index in [0.717, 1.165) is 23.4 Å². The summed E-state index contributed by atoms with van der Waals surface area (Å²) < 4.78 is 32.9. The van der Waals surface area contributed by atoms with E-state index in [-0.39, 0.29) is 6.42 Å². The molecule has 2 aromatic carbocycles. The Morgan fingerprint density at radius 3 is 2.59 bits per heavy atom. The molecule has 8 heteroatoms. The van der Waals surface area contributed by atoms with Gasteiger partial charge in [-0.3, -0.25) is 0 Å². The molecule has 1 atom stereocenters. The number of aromatic amines is 2. The van der Waals surface area contributed by atoms with Gasteiger partial charge in [0, 0.05) is 29.6 Å². The average Bonchev–Trinajstić information content (AvgIpc) is 3.35. The Labute approximate surface area is 184 Å². The number of nitrogens with one attached hydrogen (secondary N) is 3. The van der Waals surface area contributed by atoms with Crippen molar-refractivity contribution in [3.05, 3.63) is 77.9 Å². The number of carbonyl (C=O) groups excluding carboxylic acids is 1. The summed E-state index contributed by atoms with van der Waals surface area (Å²) in [5.41, 5.74) is 2.25. The lowest BCUT2D eigenvalue weighted by Crippen LogP contribution is -2.36. The molecule has 2 heterocycles. The van der Waals surface area contributed by atoms with Gasteiger partial charge in [0.25, 0.3) is 0 Å². The number of carbonyl (C=O) groups is 1. The summed E-state index contributed by atoms with van der Waals surface area (Å²) in [4.78, 5) is 23.2. The molecule has 6 nitrogen and oxygen atoms in total. The third kappa shape index (κ3) is 4.80. The van der Waals surface area contributed by atoms with Crippen LogP contribution < -0.4 is 5.32 Å². The van der Waals surface area contributed by atoms with Gasteiger partial charge in [0.1, 0.15) is 11.4 Å². The Morgan fingerprint density at radius 1 is 1.16 bits per heavy atom. The lowest BCUT2D eigenvalue weighted by atomic mass is 10.0. The van der Waals surface area contributed by atoms with E-state index in [1.807, 2.05) is 30.3 Å². The van der Waals surface area contributed by atoms with Crippen LogP contribution in [0.5, 0.6) is 0 Å². The third-order valence-corrected chi connectivity index (χ3v) is 4.93. The number of amides is 1. The molecule has 4 rings (SSSR count). The first-order valence-corrected chi connectivity index (χ1v) is 10.2. The predicted molar refractivity (Wildman–Crippen MR) is 118 cm³/mol. The van der Waals surface area contributed by atoms with E-state index in [9.17, 15) is 13.6 Å². The zero-order valence-electron chi connectivity index (χ0n) is 18.0. The number of nitrogens with zero attached hydrogens (tertiary/aromatic N) is 1. The van der Waals surface area contributed by atoms with Crippen molar-refractivity contribution in [2.45, 2.75) is 38.8 Å². The minimum Gasteiger partial charge on any atom is -0.444 e. The van der Waals surface area contributed by atoms with E-state index >= 15 is 0 Å². The van der Waals surface area contributed by atoms with Crippen molar-refractivity contribution in [1.29, 1.82) is 0 Å². The number of alkyl carbamates (subject to hydrolysis) is 1. The molecule has 0 aliphatic heterocycles. The van der Waals surface area contributed by atoms with E-state index in [1.54, 1.807) is 33.2 Å². The number of rotatable bonds is 5. The van der Waals surface area contributed by atoms with Crippen LogP contribution in [0.3, 0.4) is 0 Å². The molecule has 3 N–H and O–H groups in total. The third-order valence-electron chi connectivity index (χ3n) is 4.93. The fourth-order valence-corrected chi connectivity index (χ4v) is 3.51. The topological polar surface area (TPSA) is 82.8 Å². The molecule has 0 aliphatic rings. The number of hydrogen-bond acceptors (Lipinski definition) is 3. The molecular weight excluding hydrogens is 414 g/mol. The Hall–Kier alpha value is -3.68. The first-order valence-electron chi connectivity index (χ1n) is 10.2. The van der Waals surface area contributed by atoms with Crippen molar-refractivity contribution in [2.75, 3.05) is 0 Å². The number of hydrogen-bond donors (Lipinski definition) is 3. The first kappa shape index (κ1) is 21.5. The highest BCUT2D eigenvalue weighted by atomic mass is 19.2. The molecule has 0 fully saturated rings. The second-order valence-electron chi connectivity index (χ2n) is 8.58. The van der Waals surface area contributed by atoms with Crippen molar-refractivity contribution in [3.63, 3.8) is 0 Å². The lowest BCUT2D eigenvalue weighted by Gasteiger charge is -2.23. The molecule has 32 heavy (non-hydrogen) atoms. The summed E-state index contributed by atoms with van der Waals surface area (Å²) in [7, 11) is 0. The summed E-state index contributed by atoms with van der Waals surface area (Å²) >= 11 is 0. The molecule has 0 unspecified atom stereocenters. The molecular formula is C24H24F2N4O2. The van der Waals surface area contributed by atoms with E-state index in [2.05, 4.69) is 20.3 Å². The van der Waals surface area contributed by atoms with Crippen molar-refractivity contribution >= 4 is 17.0 Å². The highest BCUT2D eigenvalue weighted by Gasteiger charge is 2.24. The summed E-state index contributed by atoms with van der Waals surface area (Å²) in [5.74, 6) is -1.33. The molecule has 0 bridgehead atoms. The largest absolute Gasteiger partial charge is 0.444 e. The zero-order valence-corrected chi connectivity index (χ0v) is 18.0. The number of imidazole rings is 1. The normalized spacial score (nSPS) is 12.7. The van der Waals surface area contributed by atoms with Gasteiger partial charge in [0.05, 0.1) is 17.9 Å². The Kier molecular flexibility index (Phi) is 5.69. The number of benzene rings is 2. The minimum absolute atomic E-state index is 0.284. The van der Waals surface area contributed by atoms with E-state index in [0.29, 0.717) is 22.3 Å². The highest BCUT2D eigenvalue weighted by molar-refractivity contribution is 5.83. The van der Waals surface area contributed by atoms with Gasteiger partial charge in [-0.15, -0.1) is 0 Å². The van der Waals surface area contributed by atoms with E-state index < -0.39 is 29.4 Å². The monoisotopic (exact) mass is 438 g/mol. The molecule has 166 valence electrons. The maximum Gasteiger partial charge on any atom is 0.408 e. The van der Waals surface area contributed by atoms with Gasteiger partial charge >= 0.3 is 6.09 Å². The van der Waals surface area contributed by atoms with Crippen molar-refractivity contribution < 1.29 is 18.3 Å². The summed E-state index contributed by atoms with van der Waals surface area (Å²) in [6.07, 6.45) is 3.05. The molecule has 0 saturated carbocycles. The summed E-state index contributed by atoms with van der Waals surface area (Å²) in [6.45, 7) is 5.33. The highest BCUT2D eigenvalue weighted by Crippen LogP contribution is 2.27. The lowest BCUT2D eigenvalue weighted by molar-refractivity contribution is 0.0501. The smallest absolute Gasteiger partial charge is 0.408 e. The standard InChI is InChI=1S/C24H24F2N4O2/c1-24(2,3)32-23(31)30-20(22-28-13-21(29-22)14-7-5-4-6-8-14)9-15-12-27-19-11-18(26)17(25)10-16(15)19/h4-8,10-13,20,27H,9H2,1-3H3,(H,28,29)(H,30,31)/t20-/m1/s1. The predicted octanol–water partition coefficient (Wildman–Crippen LogP) is 5.64. The first-order chi connectivity index (χ1) is 15.2. The summed E-state index contributed by atoms with van der Waals surface area (Å²) in [5, 5.41) is 3.38. The van der Waals surface area contributed by atoms with Gasteiger partial charge in [0.15, 0.2) is 11.6 Å². The van der Waals surface area contributed by atoms with E-state index in [1.165, 1.54) is 0 Å². The second-order valence-corrected chi connectivity index (χ2v) is 8.58. The van der Waals surface area contributed by atoms with Crippen LogP contribution in [-0.2, 0) is 11.2 Å². The van der Waals surface area contributed by atoms with Crippen LogP contribution in [-0.4, -0.2) is 26.6 Å². The molecule has 1 amide bonds. The molecule has 0 saturated heterocycles. The fourth-order valence-electron chi connectivity index (χ4n) is 3.51. The van der Waals surface area contributed by atoms with Crippen LogP contribution in [0.2, 0.25) is 0 Å². The van der Waals surface area contributed by atoms with Gasteiger partial charge in [-0.25, -0.2) is 18.6 Å². The average molecular weight is 438 g/mol. The fraction of sp³-hybridized carbons (Fsp3) is 0.250. The maximum absolute atomic E-state index is 13.9. The molecule has 0 aliphatic carbocycles. The molecule has 0 radical (unpaired) electrons. The Morgan fingerprint density at radius 2 is 1.88 bits per heavy atom. The minimum atomic E-state index is -0.931. The van der Waals surface area contributed by atoms with Crippen molar-refractivity contribution in [1.82, 2.24) is 20.3 Å². The summed E-state index contributed by atoms with van der Waals surface area (Å²) in [6, 6.07) is 11.3. The molecule has 0 spiro atoms. The van der Waals surface area contributed by atoms with Crippen molar-refractivity contribution in [3.8, 4) is 11.3 Å². The molecule has 2 aromatic heterocycles. The van der Waals surface area contributed by atoms with Crippen LogP contribution in [0.25, 0.3) is 22.2 Å². The van der Waals surface area contributed by atoms with Crippen LogP contribution in [0.1, 0.15) is 38.2 Å². The van der Waals surface area contributed by atoms with Crippen LogP contribution in [0, 0.1) is 11.6 Å². The Balaban J connectivity index is 1.66. The van der Waals surface area contributed by atoms with Gasteiger partial charge < -0.3 is 20.0 Å². The second kappa shape index (κ2) is 8.45. The number of fused-ring (bicyclic) bond motifs is 1. The number of ether oxygens (including phenoxy) is 1. The van der Waals surface area contributed by atoms with Gasteiger partial charge in [-0.1, -0.05) is 30.3 Å². The van der Waals surface area contributed by atoms with E-state index in [4.69, 9.17) is 4.74 Å². The zero-order chi connectivity index (χ0) is 22.9. The molecule has 4 aromatic rings. The van der Waals surface area contributed by atoms with Gasteiger partial charge in [-0.2, -0.15) is 0 Å². The van der Waals surface area contributed by atoms with Crippen LogP contribution in [0.4, 0.5) is 13.6 Å². The van der Waals surface area contributed by atoms with Gasteiger partial charge in [0.2, 0.25) is 0 Å². The number of halogens is 2. The van der Waals surface area contributed by atoms with Crippen LogP contribution >= 0.6 is 0 Å². The SMILES string of the molecule is CC(C)(C)OC(=O)N[C@H](Cc1c[nH]c2cc(F)c(F)cc12)c1ncc(-c2ccccc2)[nH]1.